The molecule has 0 saturated heterocycles. The normalized spacial score (nSPS) is 15.7. The topological polar surface area (TPSA) is 9.23 Å². The number of hydrogen-bond donors (Lipinski definition) is 0. The fourth-order valence-corrected chi connectivity index (χ4v) is 5.75. The van der Waals surface area contributed by atoms with E-state index < -0.39 is 8.32 Å². The van der Waals surface area contributed by atoms with Gasteiger partial charge in [0, 0.05) is 0 Å². The molecule has 0 heterocycles. The van der Waals surface area contributed by atoms with Crippen molar-refractivity contribution in [3.8, 4) is 0 Å². The molecule has 0 fully saturated rings. The van der Waals surface area contributed by atoms with E-state index >= 15 is 0 Å². The maximum atomic E-state index is 6.21. The summed E-state index contributed by atoms with van der Waals surface area (Å²) >= 11 is 2.23. The van der Waals surface area contributed by atoms with Gasteiger partial charge in [-0.3, -0.25) is 0 Å². The molecule has 0 bridgehead atoms. The van der Waals surface area contributed by atoms with E-state index in [4.69, 9.17) is 4.43 Å². The second-order valence-electron chi connectivity index (χ2n) is 5.76. The van der Waals surface area contributed by atoms with Crippen molar-refractivity contribution in [2.45, 2.75) is 51.9 Å². The standard InChI is InChI=1S/C12H21OSi.2ClH.Ti/c1-12(2,3)13-14(4,5)10-11-8-6-7-9-11;;;/h6,8H,7,10H2,1-5H3;2*1H;/q;;;+2/p-2. The molecule has 1 rings (SSSR count). The fraction of sp³-hybridized carbons (Fsp3) is 0.667. The maximum absolute atomic E-state index is 6.21. The van der Waals surface area contributed by atoms with Crippen LogP contribution < -0.4 is 24.8 Å². The van der Waals surface area contributed by atoms with Crippen molar-refractivity contribution in [2.24, 2.45) is 0 Å². The van der Waals surface area contributed by atoms with Crippen LogP contribution in [-0.2, 0) is 24.9 Å². The van der Waals surface area contributed by atoms with Crippen LogP contribution in [-0.4, -0.2) is 13.9 Å². The molecule has 0 unspecified atom stereocenters. The van der Waals surface area contributed by atoms with E-state index in [2.05, 4.69) is 66.5 Å². The zero-order valence-corrected chi connectivity index (χ0v) is 15.3. The van der Waals surface area contributed by atoms with E-state index in [0.29, 0.717) is 0 Å². The fourth-order valence-electron chi connectivity index (χ4n) is 2.04. The average Bonchev–Trinajstić information content (AvgIpc) is 2.29. The van der Waals surface area contributed by atoms with Crippen molar-refractivity contribution in [3.05, 3.63) is 21.6 Å². The quantitative estimate of drug-likeness (QED) is 0.533. The van der Waals surface area contributed by atoms with E-state index in [1.165, 1.54) is 9.45 Å². The van der Waals surface area contributed by atoms with Gasteiger partial charge in [0.2, 0.25) is 0 Å². The molecule has 0 spiro atoms. The van der Waals surface area contributed by atoms with Crippen molar-refractivity contribution in [3.63, 3.8) is 0 Å². The van der Waals surface area contributed by atoms with E-state index in [9.17, 15) is 0 Å². The molecule has 1 aliphatic carbocycles. The van der Waals surface area contributed by atoms with Gasteiger partial charge >= 0.3 is 107 Å². The van der Waals surface area contributed by atoms with Crippen molar-refractivity contribution in [1.82, 2.24) is 0 Å². The summed E-state index contributed by atoms with van der Waals surface area (Å²) < 4.78 is 7.73. The number of allylic oxidation sites excluding steroid dienone is 4. The largest absolute Gasteiger partial charge is 1.00 e. The molecule has 5 heteroatoms. The Balaban J connectivity index is 0. The van der Waals surface area contributed by atoms with Crippen molar-refractivity contribution in [2.75, 3.05) is 0 Å². The monoisotopic (exact) mass is 327 g/mol. The van der Waals surface area contributed by atoms with Crippen LogP contribution in [0.5, 0.6) is 0 Å². The summed E-state index contributed by atoms with van der Waals surface area (Å²) in [6.07, 6.45) is 5.66. The van der Waals surface area contributed by atoms with Gasteiger partial charge in [-0.05, 0) is 0 Å². The third-order valence-corrected chi connectivity index (χ3v) is 5.44. The molecule has 0 aliphatic heterocycles. The molecule has 0 radical (unpaired) electrons. The predicted molar refractivity (Wildman–Crippen MR) is 63.9 cm³/mol. The molecular formula is C12H21Cl2OSiTi. The van der Waals surface area contributed by atoms with E-state index in [1.807, 2.05) is 0 Å². The van der Waals surface area contributed by atoms with Gasteiger partial charge in [0.15, 0.2) is 0 Å². The summed E-state index contributed by atoms with van der Waals surface area (Å²) in [5.41, 5.74) is 1.50. The molecule has 1 nitrogen and oxygen atoms in total. The smallest absolute Gasteiger partial charge is 1.00 e. The van der Waals surface area contributed by atoms with Crippen LogP contribution in [0, 0.1) is 0 Å². The van der Waals surface area contributed by atoms with Crippen LogP contribution in [0.3, 0.4) is 0 Å². The third-order valence-electron chi connectivity index (χ3n) is 2.23. The predicted octanol–water partition coefficient (Wildman–Crippen LogP) is -2.22. The average molecular weight is 328 g/mol. The van der Waals surface area contributed by atoms with Crippen LogP contribution in [0.15, 0.2) is 21.6 Å². The van der Waals surface area contributed by atoms with Crippen LogP contribution in [0.1, 0.15) is 27.2 Å². The molecule has 0 aromatic rings. The first-order valence-corrected chi connectivity index (χ1v) is 9.40. The first kappa shape index (κ1) is 20.3. The number of hydrogen-bond acceptors (Lipinski definition) is 1. The molecule has 0 atom stereocenters. The van der Waals surface area contributed by atoms with Crippen LogP contribution in [0.4, 0.5) is 0 Å². The van der Waals surface area contributed by atoms with Gasteiger partial charge in [0.05, 0.1) is 0 Å². The van der Waals surface area contributed by atoms with Crippen LogP contribution >= 0.6 is 0 Å². The van der Waals surface area contributed by atoms with Gasteiger partial charge in [-0.25, -0.2) is 0 Å². The van der Waals surface area contributed by atoms with Crippen molar-refractivity contribution >= 4 is 8.32 Å². The second-order valence-corrected chi connectivity index (χ2v) is 10.8. The Morgan fingerprint density at radius 3 is 2.18 bits per heavy atom. The molecule has 1 aliphatic rings. The molecular weight excluding hydrogens is 307 g/mol. The second kappa shape index (κ2) is 7.52. The SMILES string of the molecule is CC(C)(C)O[Si](C)(C)CC1=[C]([Ti+2])CC=C1.[Cl-].[Cl-]. The summed E-state index contributed by atoms with van der Waals surface area (Å²) in [4.78, 5) is 0. The summed E-state index contributed by atoms with van der Waals surface area (Å²) in [7, 11) is -1.55. The van der Waals surface area contributed by atoms with Crippen LogP contribution in [0.2, 0.25) is 19.1 Å². The zero-order valence-electron chi connectivity index (χ0n) is 11.2. The molecule has 0 aromatic heterocycles. The van der Waals surface area contributed by atoms with Gasteiger partial charge in [-0.1, -0.05) is 0 Å². The molecule has 0 N–H and O–H groups in total. The summed E-state index contributed by atoms with van der Waals surface area (Å²) in [6.45, 7) is 11.1. The zero-order chi connectivity index (χ0) is 11.7. The summed E-state index contributed by atoms with van der Waals surface area (Å²) in [5.74, 6) is 0. The Labute approximate surface area is 131 Å². The molecule has 17 heavy (non-hydrogen) atoms. The Morgan fingerprint density at radius 1 is 1.29 bits per heavy atom. The Bertz CT molecular complexity index is 306. The minimum absolute atomic E-state index is 0. The van der Waals surface area contributed by atoms with E-state index in [-0.39, 0.29) is 30.4 Å². The van der Waals surface area contributed by atoms with E-state index in [0.717, 1.165) is 12.5 Å². The Hall–Kier alpha value is 0.951. The minimum atomic E-state index is -1.55. The van der Waals surface area contributed by atoms with Gasteiger partial charge < -0.3 is 24.8 Å². The first-order valence-electron chi connectivity index (χ1n) is 5.50. The van der Waals surface area contributed by atoms with Crippen LogP contribution in [0.25, 0.3) is 0 Å². The number of rotatable bonds is 3. The maximum Gasteiger partial charge on any atom is -1.00 e. The van der Waals surface area contributed by atoms with Crippen molar-refractivity contribution in [1.29, 1.82) is 0 Å². The van der Waals surface area contributed by atoms with Crippen molar-refractivity contribution < 1.29 is 49.7 Å². The van der Waals surface area contributed by atoms with Gasteiger partial charge in [-0.2, -0.15) is 0 Å². The number of halogens is 2. The van der Waals surface area contributed by atoms with E-state index in [1.54, 1.807) is 0 Å². The summed E-state index contributed by atoms with van der Waals surface area (Å²) in [5, 5.41) is 0. The van der Waals surface area contributed by atoms with Gasteiger partial charge in [0.25, 0.3) is 0 Å². The van der Waals surface area contributed by atoms with Gasteiger partial charge in [-0.15, -0.1) is 0 Å². The third kappa shape index (κ3) is 7.86. The molecule has 0 aromatic carbocycles. The Morgan fingerprint density at radius 2 is 1.82 bits per heavy atom. The first-order chi connectivity index (χ1) is 6.70. The molecule has 0 amide bonds. The molecule has 0 saturated carbocycles. The molecule has 97 valence electrons. The van der Waals surface area contributed by atoms with Gasteiger partial charge in [0.1, 0.15) is 0 Å². The minimum Gasteiger partial charge on any atom is -1.00 e. The Kier molecular flexibility index (Phi) is 8.97. The summed E-state index contributed by atoms with van der Waals surface area (Å²) in [6, 6.07) is 1.15.